The van der Waals surface area contributed by atoms with Gasteiger partial charge in [-0.15, -0.1) is 0 Å². The first-order valence-electron chi connectivity index (χ1n) is 12.8. The highest BCUT2D eigenvalue weighted by atomic mass is 19.1. The number of carbonyl (C=O) groups excluding carboxylic acids is 1. The summed E-state index contributed by atoms with van der Waals surface area (Å²) >= 11 is 0. The van der Waals surface area contributed by atoms with Crippen LogP contribution in [0.15, 0.2) is 42.5 Å². The van der Waals surface area contributed by atoms with E-state index in [0.29, 0.717) is 0 Å². The average molecular weight is 573 g/mol. The van der Waals surface area contributed by atoms with Gasteiger partial charge in [0.1, 0.15) is 17.3 Å². The first kappa shape index (κ1) is 29.9. The van der Waals surface area contributed by atoms with Crippen molar-refractivity contribution in [3.63, 3.8) is 0 Å². The maximum absolute atomic E-state index is 13.9. The fourth-order valence-corrected chi connectivity index (χ4v) is 4.89. The van der Waals surface area contributed by atoms with Crippen molar-refractivity contribution in [2.24, 2.45) is 5.73 Å². The van der Waals surface area contributed by atoms with E-state index >= 15 is 0 Å². The molecule has 4 atom stereocenters. The molecule has 6 N–H and O–H groups in total. The van der Waals surface area contributed by atoms with Crippen molar-refractivity contribution in [1.82, 2.24) is 15.3 Å². The van der Waals surface area contributed by atoms with Gasteiger partial charge in [0.2, 0.25) is 5.88 Å². The lowest BCUT2D eigenvalue weighted by molar-refractivity contribution is -0.195. The number of aliphatic hydroxyl groups is 2. The number of fused-ring (bicyclic) bond motifs is 1. The smallest absolute Gasteiger partial charge is 0.340 e. The monoisotopic (exact) mass is 572 g/mol. The van der Waals surface area contributed by atoms with Crippen molar-refractivity contribution in [2.75, 3.05) is 20.3 Å². The van der Waals surface area contributed by atoms with Crippen LogP contribution in [0.25, 0.3) is 17.1 Å². The van der Waals surface area contributed by atoms with E-state index < -0.39 is 54.0 Å². The lowest BCUT2D eigenvalue weighted by atomic mass is 9.81. The van der Waals surface area contributed by atoms with Gasteiger partial charge in [-0.2, -0.15) is 0 Å². The maximum atomic E-state index is 13.9. The normalized spacial score (nSPS) is 21.7. The highest BCUT2D eigenvalue weighted by Gasteiger charge is 2.50. The molecule has 1 aliphatic heterocycles. The van der Waals surface area contributed by atoms with E-state index in [1.54, 1.807) is 6.08 Å². The van der Waals surface area contributed by atoms with Crippen molar-refractivity contribution >= 4 is 29.0 Å². The zero-order valence-corrected chi connectivity index (χ0v) is 22.1. The first-order valence-corrected chi connectivity index (χ1v) is 12.8. The third-order valence-electron chi connectivity index (χ3n) is 6.94. The number of halogens is 2. The first-order chi connectivity index (χ1) is 19.6. The molecule has 0 spiro atoms. The molecular weight excluding hydrogens is 542 g/mol. The molecular formula is C28H30F2N4O7. The number of rotatable bonds is 11. The predicted molar refractivity (Wildman–Crippen MR) is 143 cm³/mol. The molecule has 11 nitrogen and oxygen atoms in total. The van der Waals surface area contributed by atoms with E-state index in [4.69, 9.17) is 15.2 Å². The molecule has 41 heavy (non-hydrogen) atoms. The number of nitrogens with two attached hydrogens (primary N) is 1. The zero-order chi connectivity index (χ0) is 29.7. The summed E-state index contributed by atoms with van der Waals surface area (Å²) in [7, 11) is 1.39. The van der Waals surface area contributed by atoms with Crippen LogP contribution in [0.3, 0.4) is 0 Å². The molecule has 2 aromatic heterocycles. The molecule has 218 valence electrons. The van der Waals surface area contributed by atoms with Gasteiger partial charge in [-0.25, -0.2) is 23.5 Å². The molecule has 1 fully saturated rings. The van der Waals surface area contributed by atoms with E-state index in [1.807, 2.05) is 0 Å². The molecule has 0 radical (unpaired) electrons. The van der Waals surface area contributed by atoms with Gasteiger partial charge in [0.15, 0.2) is 5.60 Å². The highest BCUT2D eigenvalue weighted by molar-refractivity contribution is 5.96. The average Bonchev–Trinajstić information content (AvgIpc) is 2.96. The predicted octanol–water partition coefficient (Wildman–Crippen LogP) is 1.89. The van der Waals surface area contributed by atoms with Crippen LogP contribution in [0, 0.1) is 11.6 Å². The number of primary amides is 1. The van der Waals surface area contributed by atoms with E-state index in [2.05, 4.69) is 15.3 Å². The fourth-order valence-electron chi connectivity index (χ4n) is 4.89. The lowest BCUT2D eigenvalue weighted by Gasteiger charge is -2.43. The number of methoxy groups -OCH3 is 1. The van der Waals surface area contributed by atoms with Crippen LogP contribution in [-0.2, 0) is 15.1 Å². The van der Waals surface area contributed by atoms with Crippen LogP contribution >= 0.6 is 0 Å². The van der Waals surface area contributed by atoms with Crippen LogP contribution in [-0.4, -0.2) is 75.7 Å². The number of aliphatic hydroxyl groups excluding tert-OH is 2. The summed E-state index contributed by atoms with van der Waals surface area (Å²) in [6, 6.07) is 6.83. The Kier molecular flexibility index (Phi) is 9.23. The van der Waals surface area contributed by atoms with Crippen molar-refractivity contribution in [2.45, 2.75) is 43.1 Å². The van der Waals surface area contributed by atoms with Gasteiger partial charge in [0.25, 0.3) is 5.91 Å². The Hall–Kier alpha value is -4.04. The maximum Gasteiger partial charge on any atom is 0.340 e. The van der Waals surface area contributed by atoms with Crippen LogP contribution in [0.2, 0.25) is 0 Å². The Morgan fingerprint density at radius 1 is 1.27 bits per heavy atom. The molecule has 1 aliphatic rings. The molecule has 3 heterocycles. The zero-order valence-electron chi connectivity index (χ0n) is 22.1. The number of carbonyl (C=O) groups is 2. The summed E-state index contributed by atoms with van der Waals surface area (Å²) in [6.45, 7) is -0.410. The molecule has 1 amide bonds. The number of aliphatic carboxylic acids is 1. The molecule has 0 saturated carbocycles. The van der Waals surface area contributed by atoms with Crippen molar-refractivity contribution in [1.29, 1.82) is 0 Å². The Balaban J connectivity index is 1.68. The fraction of sp³-hybridized carbons (Fsp3) is 0.357. The Bertz CT molecular complexity index is 1470. The molecule has 1 aromatic carbocycles. The quantitative estimate of drug-likeness (QED) is 0.228. The van der Waals surface area contributed by atoms with E-state index in [1.165, 1.54) is 31.4 Å². The number of amides is 1. The molecule has 1 saturated heterocycles. The molecule has 4 rings (SSSR count). The van der Waals surface area contributed by atoms with E-state index in [-0.39, 0.29) is 59.5 Å². The molecule has 0 unspecified atom stereocenters. The molecule has 0 aliphatic carbocycles. The van der Waals surface area contributed by atoms with Crippen LogP contribution < -0.4 is 15.8 Å². The highest BCUT2D eigenvalue weighted by Crippen LogP contribution is 2.42. The third kappa shape index (κ3) is 6.49. The number of hydrogen-bond donors (Lipinski definition) is 5. The van der Waals surface area contributed by atoms with Crippen molar-refractivity contribution in [3.8, 4) is 5.88 Å². The number of hydrogen-bond acceptors (Lipinski definition) is 9. The second kappa shape index (κ2) is 12.6. The van der Waals surface area contributed by atoms with Gasteiger partial charge in [0, 0.05) is 36.2 Å². The van der Waals surface area contributed by atoms with Gasteiger partial charge < -0.3 is 35.8 Å². The Morgan fingerprint density at radius 3 is 2.73 bits per heavy atom. The number of nitrogens with zero attached hydrogens (tertiary/aromatic N) is 2. The SMILES string of the molecule is COc1ccc2nc(C(N)=O)cc([C@]3(C(=O)O)CC[C@@H](NC/C=C/c4cc(F)ccc4F)[C@@H](C[C@H](O)CO)O3)c2n1. The van der Waals surface area contributed by atoms with Crippen LogP contribution in [0.4, 0.5) is 8.78 Å². The largest absolute Gasteiger partial charge is 0.481 e. The lowest BCUT2D eigenvalue weighted by Crippen LogP contribution is -2.55. The van der Waals surface area contributed by atoms with Crippen molar-refractivity contribution < 1.29 is 43.2 Å². The topological polar surface area (TPSA) is 177 Å². The van der Waals surface area contributed by atoms with Gasteiger partial charge in [-0.05, 0) is 43.2 Å². The Labute approximate surface area is 233 Å². The Morgan fingerprint density at radius 2 is 2.05 bits per heavy atom. The van der Waals surface area contributed by atoms with Gasteiger partial charge >= 0.3 is 5.97 Å². The van der Waals surface area contributed by atoms with Gasteiger partial charge in [-0.1, -0.05) is 12.2 Å². The number of carboxylic acids is 1. The minimum absolute atomic E-state index is 0.0334. The van der Waals surface area contributed by atoms with Crippen LogP contribution in [0.1, 0.15) is 40.9 Å². The summed E-state index contributed by atoms with van der Waals surface area (Å²) in [4.78, 5) is 33.5. The number of benzene rings is 1. The van der Waals surface area contributed by atoms with Crippen molar-refractivity contribution in [3.05, 3.63) is 70.9 Å². The number of ether oxygens (including phenoxy) is 2. The second-order valence-electron chi connectivity index (χ2n) is 9.62. The molecule has 3 aromatic rings. The van der Waals surface area contributed by atoms with E-state index in [9.17, 15) is 33.7 Å². The summed E-state index contributed by atoms with van der Waals surface area (Å²) < 4.78 is 38.9. The number of carboxylic acid groups (broad SMARTS) is 1. The number of pyridine rings is 2. The second-order valence-corrected chi connectivity index (χ2v) is 9.62. The summed E-state index contributed by atoms with van der Waals surface area (Å²) in [5.74, 6) is -3.25. The van der Waals surface area contributed by atoms with Gasteiger partial charge in [0.05, 0.1) is 37.0 Å². The van der Waals surface area contributed by atoms with E-state index in [0.717, 1.165) is 18.2 Å². The summed E-state index contributed by atoms with van der Waals surface area (Å²) in [5.41, 5.74) is 3.69. The summed E-state index contributed by atoms with van der Waals surface area (Å²) in [6.07, 6.45) is 0.824. The molecule has 13 heteroatoms. The minimum atomic E-state index is -2.02. The number of aromatic nitrogens is 2. The standard InChI is InChI=1S/C28H30F2N4O7/c1-40-24-7-6-21-25(34-24)18(13-22(33-21)26(31)37)28(27(38)39)9-8-20(23(41-28)12-17(36)14-35)32-10-2-3-15-11-16(29)4-5-19(15)30/h2-7,11,13,17,20,23,32,35-36H,8-10,12,14H2,1H3,(H2,31,37)(H,38,39)/b3-2+/t17-,20+,23+,28-/m0/s1. The minimum Gasteiger partial charge on any atom is -0.481 e. The molecule has 0 bridgehead atoms. The van der Waals surface area contributed by atoms with Crippen LogP contribution in [0.5, 0.6) is 5.88 Å². The van der Waals surface area contributed by atoms with Gasteiger partial charge in [-0.3, -0.25) is 4.79 Å². The number of nitrogens with one attached hydrogen (secondary N) is 1. The third-order valence-corrected chi connectivity index (χ3v) is 6.94. The summed E-state index contributed by atoms with van der Waals surface area (Å²) in [5, 5.41) is 33.4.